The van der Waals surface area contributed by atoms with Gasteiger partial charge in [-0.05, 0) is 37.3 Å². The highest BCUT2D eigenvalue weighted by molar-refractivity contribution is 5.94. The molecule has 7 heteroatoms. The third kappa shape index (κ3) is 6.63. The van der Waals surface area contributed by atoms with E-state index in [0.717, 1.165) is 0 Å². The van der Waals surface area contributed by atoms with Crippen LogP contribution in [0.25, 0.3) is 0 Å². The summed E-state index contributed by atoms with van der Waals surface area (Å²) in [5.41, 5.74) is 1.15. The van der Waals surface area contributed by atoms with E-state index in [1.807, 2.05) is 13.0 Å². The Bertz CT molecular complexity index is 778. The zero-order chi connectivity index (χ0) is 19.6. The quantitative estimate of drug-likeness (QED) is 0.706. The molecule has 1 atom stereocenters. The first-order valence-corrected chi connectivity index (χ1v) is 8.50. The summed E-state index contributed by atoms with van der Waals surface area (Å²) in [6.45, 7) is 1.65. The SMILES string of the molecule is COc1ccccc1OCC(=O)Nc1cccc(NC(=O)CC(C)OC)c1. The van der Waals surface area contributed by atoms with Crippen LogP contribution in [0.4, 0.5) is 11.4 Å². The van der Waals surface area contributed by atoms with Crippen LogP contribution >= 0.6 is 0 Å². The van der Waals surface area contributed by atoms with E-state index >= 15 is 0 Å². The number of rotatable bonds is 9. The second kappa shape index (κ2) is 10.2. The van der Waals surface area contributed by atoms with Crippen molar-refractivity contribution in [1.82, 2.24) is 0 Å². The van der Waals surface area contributed by atoms with Gasteiger partial charge in [0.25, 0.3) is 5.91 Å². The number of hydrogen-bond donors (Lipinski definition) is 2. The third-order valence-corrected chi connectivity index (χ3v) is 3.73. The second-order valence-corrected chi connectivity index (χ2v) is 5.87. The molecule has 0 radical (unpaired) electrons. The van der Waals surface area contributed by atoms with E-state index in [4.69, 9.17) is 14.2 Å². The summed E-state index contributed by atoms with van der Waals surface area (Å²) in [4.78, 5) is 24.0. The maximum absolute atomic E-state index is 12.1. The van der Waals surface area contributed by atoms with Gasteiger partial charge in [0.1, 0.15) is 0 Å². The van der Waals surface area contributed by atoms with E-state index in [2.05, 4.69) is 10.6 Å². The fourth-order valence-electron chi connectivity index (χ4n) is 2.31. The van der Waals surface area contributed by atoms with E-state index in [0.29, 0.717) is 22.9 Å². The Balaban J connectivity index is 1.89. The van der Waals surface area contributed by atoms with E-state index in [1.165, 1.54) is 7.11 Å². The maximum Gasteiger partial charge on any atom is 0.262 e. The van der Waals surface area contributed by atoms with Crippen molar-refractivity contribution >= 4 is 23.2 Å². The van der Waals surface area contributed by atoms with Crippen LogP contribution < -0.4 is 20.1 Å². The number of ether oxygens (including phenoxy) is 3. The molecule has 2 N–H and O–H groups in total. The molecule has 0 fully saturated rings. The molecule has 144 valence electrons. The van der Waals surface area contributed by atoms with E-state index in [9.17, 15) is 9.59 Å². The van der Waals surface area contributed by atoms with Crippen LogP contribution in [0.2, 0.25) is 0 Å². The molecule has 0 saturated carbocycles. The molecule has 0 heterocycles. The van der Waals surface area contributed by atoms with E-state index in [1.54, 1.807) is 49.6 Å². The number of para-hydroxylation sites is 2. The van der Waals surface area contributed by atoms with Crippen molar-refractivity contribution < 1.29 is 23.8 Å². The molecule has 0 aromatic heterocycles. The van der Waals surface area contributed by atoms with Gasteiger partial charge in [0.15, 0.2) is 18.1 Å². The summed E-state index contributed by atoms with van der Waals surface area (Å²) < 4.78 is 15.7. The highest BCUT2D eigenvalue weighted by atomic mass is 16.5. The molecular weight excluding hydrogens is 348 g/mol. The summed E-state index contributed by atoms with van der Waals surface area (Å²) in [6, 6.07) is 14.0. The fourth-order valence-corrected chi connectivity index (χ4v) is 2.31. The minimum Gasteiger partial charge on any atom is -0.493 e. The molecule has 0 bridgehead atoms. The Labute approximate surface area is 158 Å². The summed E-state index contributed by atoms with van der Waals surface area (Å²) in [5.74, 6) is 0.563. The lowest BCUT2D eigenvalue weighted by atomic mass is 10.2. The van der Waals surface area contributed by atoms with Crippen LogP contribution in [0, 0.1) is 0 Å². The zero-order valence-electron chi connectivity index (χ0n) is 15.7. The van der Waals surface area contributed by atoms with Crippen LogP contribution in [-0.4, -0.2) is 38.7 Å². The van der Waals surface area contributed by atoms with Crippen molar-refractivity contribution in [3.63, 3.8) is 0 Å². The minimum absolute atomic E-state index is 0.160. The van der Waals surface area contributed by atoms with Gasteiger partial charge in [-0.1, -0.05) is 18.2 Å². The first-order valence-electron chi connectivity index (χ1n) is 8.50. The number of methoxy groups -OCH3 is 2. The molecular formula is C20H24N2O5. The molecule has 27 heavy (non-hydrogen) atoms. The van der Waals surface area contributed by atoms with Crippen LogP contribution in [0.1, 0.15) is 13.3 Å². The average Bonchev–Trinajstić information content (AvgIpc) is 2.66. The Morgan fingerprint density at radius 3 is 2.19 bits per heavy atom. The number of hydrogen-bond acceptors (Lipinski definition) is 5. The van der Waals surface area contributed by atoms with Crippen LogP contribution in [0.5, 0.6) is 11.5 Å². The smallest absolute Gasteiger partial charge is 0.262 e. The molecule has 7 nitrogen and oxygen atoms in total. The summed E-state index contributed by atoms with van der Waals surface area (Å²) in [5, 5.41) is 5.51. The molecule has 2 aromatic rings. The molecule has 2 aromatic carbocycles. The van der Waals surface area contributed by atoms with Crippen molar-refractivity contribution in [3.05, 3.63) is 48.5 Å². The normalized spacial score (nSPS) is 11.4. The number of amides is 2. The Kier molecular flexibility index (Phi) is 7.63. The molecule has 0 spiro atoms. The standard InChI is InChI=1S/C20H24N2O5/c1-14(25-2)11-19(23)21-15-7-6-8-16(12-15)22-20(24)13-27-18-10-5-4-9-17(18)26-3/h4-10,12,14H,11,13H2,1-3H3,(H,21,23)(H,22,24). The lowest BCUT2D eigenvalue weighted by Gasteiger charge is -2.12. The van der Waals surface area contributed by atoms with Gasteiger partial charge in [-0.3, -0.25) is 9.59 Å². The van der Waals surface area contributed by atoms with Gasteiger partial charge in [-0.25, -0.2) is 0 Å². The average molecular weight is 372 g/mol. The Morgan fingerprint density at radius 1 is 0.926 bits per heavy atom. The zero-order valence-corrected chi connectivity index (χ0v) is 15.7. The lowest BCUT2D eigenvalue weighted by Crippen LogP contribution is -2.21. The molecule has 1 unspecified atom stereocenters. The van der Waals surface area contributed by atoms with E-state index in [-0.39, 0.29) is 30.9 Å². The highest BCUT2D eigenvalue weighted by Gasteiger charge is 2.10. The first kappa shape index (κ1) is 20.3. The second-order valence-electron chi connectivity index (χ2n) is 5.87. The number of nitrogens with one attached hydrogen (secondary N) is 2. The Morgan fingerprint density at radius 2 is 1.56 bits per heavy atom. The molecule has 2 rings (SSSR count). The molecule has 2 amide bonds. The molecule has 0 aliphatic heterocycles. The third-order valence-electron chi connectivity index (χ3n) is 3.73. The largest absolute Gasteiger partial charge is 0.493 e. The van der Waals surface area contributed by atoms with Crippen molar-refractivity contribution in [3.8, 4) is 11.5 Å². The van der Waals surface area contributed by atoms with Gasteiger partial charge in [0, 0.05) is 18.5 Å². The van der Waals surface area contributed by atoms with Crippen molar-refractivity contribution in [2.45, 2.75) is 19.4 Å². The van der Waals surface area contributed by atoms with Gasteiger partial charge in [-0.2, -0.15) is 0 Å². The highest BCUT2D eigenvalue weighted by Crippen LogP contribution is 2.25. The number of carbonyl (C=O) groups excluding carboxylic acids is 2. The Hall–Kier alpha value is -3.06. The topological polar surface area (TPSA) is 85.9 Å². The molecule has 0 aliphatic rings. The summed E-state index contributed by atoms with van der Waals surface area (Å²) in [7, 11) is 3.09. The molecule has 0 aliphatic carbocycles. The predicted octanol–water partition coefficient (Wildman–Crippen LogP) is 3.08. The number of carbonyl (C=O) groups is 2. The number of anilines is 2. The predicted molar refractivity (Wildman–Crippen MR) is 103 cm³/mol. The van der Waals surface area contributed by atoms with Gasteiger partial charge >= 0.3 is 0 Å². The summed E-state index contributed by atoms with van der Waals surface area (Å²) in [6.07, 6.45) is 0.0832. The van der Waals surface area contributed by atoms with E-state index < -0.39 is 0 Å². The fraction of sp³-hybridized carbons (Fsp3) is 0.300. The lowest BCUT2D eigenvalue weighted by molar-refractivity contribution is -0.119. The minimum atomic E-state index is -0.322. The first-order chi connectivity index (χ1) is 13.0. The number of benzene rings is 2. The van der Waals surface area contributed by atoms with Crippen LogP contribution in [-0.2, 0) is 14.3 Å². The maximum atomic E-state index is 12.1. The van der Waals surface area contributed by atoms with Gasteiger partial charge < -0.3 is 24.8 Å². The monoisotopic (exact) mass is 372 g/mol. The van der Waals surface area contributed by atoms with Crippen LogP contribution in [0.15, 0.2) is 48.5 Å². The van der Waals surface area contributed by atoms with Gasteiger partial charge in [0.2, 0.25) is 5.91 Å². The van der Waals surface area contributed by atoms with Gasteiger partial charge in [0.05, 0.1) is 19.6 Å². The van der Waals surface area contributed by atoms with Crippen molar-refractivity contribution in [1.29, 1.82) is 0 Å². The van der Waals surface area contributed by atoms with Gasteiger partial charge in [-0.15, -0.1) is 0 Å². The van der Waals surface area contributed by atoms with Crippen LogP contribution in [0.3, 0.4) is 0 Å². The summed E-state index contributed by atoms with van der Waals surface area (Å²) >= 11 is 0. The van der Waals surface area contributed by atoms with Crippen molar-refractivity contribution in [2.24, 2.45) is 0 Å². The van der Waals surface area contributed by atoms with Crippen molar-refractivity contribution in [2.75, 3.05) is 31.5 Å². The molecule has 0 saturated heterocycles.